The predicted molar refractivity (Wildman–Crippen MR) is 76.4 cm³/mol. The average Bonchev–Trinajstić information content (AvgIpc) is 2.35. The van der Waals surface area contributed by atoms with E-state index in [4.69, 9.17) is 10.5 Å². The molecule has 0 fully saturated rings. The molecule has 0 unspecified atom stereocenters. The fraction of sp³-hybridized carbons (Fsp3) is 0.933. The number of hydrogen-bond donors (Lipinski definition) is 1. The maximum absolute atomic E-state index is 11.4. The van der Waals surface area contributed by atoms with Crippen LogP contribution in [0.4, 0.5) is 0 Å². The van der Waals surface area contributed by atoms with Crippen LogP contribution in [-0.2, 0) is 9.53 Å². The Morgan fingerprint density at radius 1 is 1.00 bits per heavy atom. The van der Waals surface area contributed by atoms with Crippen LogP contribution in [0.5, 0.6) is 0 Å². The first-order chi connectivity index (χ1) is 8.59. The fourth-order valence-electron chi connectivity index (χ4n) is 1.78. The van der Waals surface area contributed by atoms with Crippen LogP contribution in [0.3, 0.4) is 0 Å². The van der Waals surface area contributed by atoms with Crippen molar-refractivity contribution in [2.75, 3.05) is 6.61 Å². The van der Waals surface area contributed by atoms with Gasteiger partial charge in [-0.15, -0.1) is 0 Å². The number of unbranched alkanes of at least 4 members (excludes halogenated alkanes) is 7. The van der Waals surface area contributed by atoms with Crippen molar-refractivity contribution in [1.82, 2.24) is 0 Å². The lowest BCUT2D eigenvalue weighted by molar-refractivity contribution is -0.146. The molecule has 0 amide bonds. The van der Waals surface area contributed by atoms with Gasteiger partial charge in [-0.1, -0.05) is 65.7 Å². The van der Waals surface area contributed by atoms with Crippen LogP contribution in [0.25, 0.3) is 0 Å². The van der Waals surface area contributed by atoms with Gasteiger partial charge in [0.1, 0.15) is 6.04 Å². The molecule has 1 atom stereocenters. The minimum Gasteiger partial charge on any atom is -0.465 e. The van der Waals surface area contributed by atoms with Gasteiger partial charge in [-0.05, 0) is 12.3 Å². The van der Waals surface area contributed by atoms with Crippen LogP contribution in [-0.4, -0.2) is 18.6 Å². The molecule has 0 saturated heterocycles. The lowest BCUT2D eigenvalue weighted by atomic mass is 10.1. The fourth-order valence-corrected chi connectivity index (χ4v) is 1.78. The molecule has 0 aliphatic rings. The van der Waals surface area contributed by atoms with Gasteiger partial charge in [0.2, 0.25) is 0 Å². The molecule has 0 spiro atoms. The summed E-state index contributed by atoms with van der Waals surface area (Å²) in [6, 6.07) is -0.473. The highest BCUT2D eigenvalue weighted by molar-refractivity contribution is 5.75. The van der Waals surface area contributed by atoms with Gasteiger partial charge in [-0.3, -0.25) is 4.79 Å². The van der Waals surface area contributed by atoms with E-state index in [1.165, 1.54) is 38.5 Å². The van der Waals surface area contributed by atoms with Gasteiger partial charge in [0.15, 0.2) is 0 Å². The Morgan fingerprint density at radius 2 is 1.50 bits per heavy atom. The minimum atomic E-state index is -0.473. The minimum absolute atomic E-state index is 0.149. The average molecular weight is 257 g/mol. The summed E-state index contributed by atoms with van der Waals surface area (Å²) in [5, 5.41) is 0. The van der Waals surface area contributed by atoms with Crippen LogP contribution < -0.4 is 5.73 Å². The molecule has 2 N–H and O–H groups in total. The van der Waals surface area contributed by atoms with Crippen molar-refractivity contribution in [3.8, 4) is 0 Å². The smallest absolute Gasteiger partial charge is 0.323 e. The number of nitrogens with two attached hydrogens (primary N) is 1. The van der Waals surface area contributed by atoms with Gasteiger partial charge in [0, 0.05) is 0 Å². The van der Waals surface area contributed by atoms with E-state index < -0.39 is 6.04 Å². The van der Waals surface area contributed by atoms with Crippen LogP contribution in [0.2, 0.25) is 0 Å². The SMILES string of the molecule is CCCCCCCCCCOC(=O)[C@@H](N)C(C)C. The molecule has 18 heavy (non-hydrogen) atoms. The van der Waals surface area contributed by atoms with E-state index in [0.717, 1.165) is 12.8 Å². The Kier molecular flexibility index (Phi) is 11.2. The number of carbonyl (C=O) groups excluding carboxylic acids is 1. The van der Waals surface area contributed by atoms with Crippen molar-refractivity contribution in [2.24, 2.45) is 11.7 Å². The molecule has 0 rings (SSSR count). The van der Waals surface area contributed by atoms with Gasteiger partial charge in [0.05, 0.1) is 6.61 Å². The van der Waals surface area contributed by atoms with Gasteiger partial charge >= 0.3 is 5.97 Å². The first kappa shape index (κ1) is 17.4. The van der Waals surface area contributed by atoms with Crippen LogP contribution in [0.15, 0.2) is 0 Å². The first-order valence-corrected chi connectivity index (χ1v) is 7.51. The summed E-state index contributed by atoms with van der Waals surface area (Å²) in [5.74, 6) is -0.107. The third kappa shape index (κ3) is 9.46. The Morgan fingerprint density at radius 3 is 2.00 bits per heavy atom. The molecule has 0 radical (unpaired) electrons. The quantitative estimate of drug-likeness (QED) is 0.454. The molecule has 3 nitrogen and oxygen atoms in total. The van der Waals surface area contributed by atoms with Crippen molar-refractivity contribution in [3.05, 3.63) is 0 Å². The molecule has 0 bridgehead atoms. The normalized spacial score (nSPS) is 12.7. The maximum atomic E-state index is 11.4. The lowest BCUT2D eigenvalue weighted by Crippen LogP contribution is -2.37. The zero-order chi connectivity index (χ0) is 13.8. The second-order valence-corrected chi connectivity index (χ2v) is 5.41. The molecule has 108 valence electrons. The zero-order valence-electron chi connectivity index (χ0n) is 12.4. The van der Waals surface area contributed by atoms with Gasteiger partial charge < -0.3 is 10.5 Å². The largest absolute Gasteiger partial charge is 0.465 e. The van der Waals surface area contributed by atoms with Crippen LogP contribution >= 0.6 is 0 Å². The summed E-state index contributed by atoms with van der Waals surface area (Å²) in [6.07, 6.45) is 10.0. The molecule has 0 saturated carbocycles. The van der Waals surface area contributed by atoms with E-state index in [2.05, 4.69) is 6.92 Å². The lowest BCUT2D eigenvalue weighted by Gasteiger charge is -2.14. The van der Waals surface area contributed by atoms with E-state index in [-0.39, 0.29) is 11.9 Å². The number of esters is 1. The van der Waals surface area contributed by atoms with E-state index in [1.807, 2.05) is 13.8 Å². The van der Waals surface area contributed by atoms with Crippen molar-refractivity contribution < 1.29 is 9.53 Å². The Bertz CT molecular complexity index is 205. The summed E-state index contributed by atoms with van der Waals surface area (Å²) in [4.78, 5) is 11.4. The number of rotatable bonds is 11. The third-order valence-electron chi connectivity index (χ3n) is 3.23. The molecule has 0 aromatic heterocycles. The molecule has 0 aliphatic carbocycles. The Balaban J connectivity index is 3.27. The molecule has 3 heteroatoms. The molecular formula is C15H31NO2. The number of ether oxygens (including phenoxy) is 1. The van der Waals surface area contributed by atoms with Gasteiger partial charge in [-0.2, -0.15) is 0 Å². The van der Waals surface area contributed by atoms with Crippen molar-refractivity contribution >= 4 is 5.97 Å². The van der Waals surface area contributed by atoms with Gasteiger partial charge in [0.25, 0.3) is 0 Å². The van der Waals surface area contributed by atoms with Crippen molar-refractivity contribution in [2.45, 2.75) is 78.2 Å². The van der Waals surface area contributed by atoms with Crippen molar-refractivity contribution in [3.63, 3.8) is 0 Å². The summed E-state index contributed by atoms with van der Waals surface area (Å²) >= 11 is 0. The number of carbonyl (C=O) groups is 1. The molecular weight excluding hydrogens is 226 g/mol. The highest BCUT2D eigenvalue weighted by atomic mass is 16.5. The molecule has 0 heterocycles. The second kappa shape index (κ2) is 11.5. The third-order valence-corrected chi connectivity index (χ3v) is 3.23. The monoisotopic (exact) mass is 257 g/mol. The highest BCUT2D eigenvalue weighted by Crippen LogP contribution is 2.08. The second-order valence-electron chi connectivity index (χ2n) is 5.41. The van der Waals surface area contributed by atoms with Crippen LogP contribution in [0.1, 0.15) is 72.1 Å². The molecule has 0 aromatic carbocycles. The zero-order valence-corrected chi connectivity index (χ0v) is 12.4. The van der Waals surface area contributed by atoms with Crippen LogP contribution in [0, 0.1) is 5.92 Å². The predicted octanol–water partition coefficient (Wildman–Crippen LogP) is 3.65. The Hall–Kier alpha value is -0.570. The van der Waals surface area contributed by atoms with E-state index >= 15 is 0 Å². The molecule has 0 aliphatic heterocycles. The van der Waals surface area contributed by atoms with E-state index in [1.54, 1.807) is 0 Å². The van der Waals surface area contributed by atoms with E-state index in [9.17, 15) is 4.79 Å². The highest BCUT2D eigenvalue weighted by Gasteiger charge is 2.18. The summed E-state index contributed by atoms with van der Waals surface area (Å²) in [7, 11) is 0. The summed E-state index contributed by atoms with van der Waals surface area (Å²) in [5.41, 5.74) is 5.69. The van der Waals surface area contributed by atoms with Crippen molar-refractivity contribution in [1.29, 1.82) is 0 Å². The van der Waals surface area contributed by atoms with Gasteiger partial charge in [-0.25, -0.2) is 0 Å². The summed E-state index contributed by atoms with van der Waals surface area (Å²) < 4.78 is 5.15. The standard InChI is InChI=1S/C15H31NO2/c1-4-5-6-7-8-9-10-11-12-18-15(17)14(16)13(2)3/h13-14H,4-12,16H2,1-3H3/t14-/m0/s1. The Labute approximate surface area is 112 Å². The summed E-state index contributed by atoms with van der Waals surface area (Å²) in [6.45, 7) is 6.62. The topological polar surface area (TPSA) is 52.3 Å². The first-order valence-electron chi connectivity index (χ1n) is 7.51. The maximum Gasteiger partial charge on any atom is 0.323 e. The number of hydrogen-bond acceptors (Lipinski definition) is 3. The van der Waals surface area contributed by atoms with E-state index in [0.29, 0.717) is 6.61 Å². The molecule has 0 aromatic rings.